The molecule has 0 radical (unpaired) electrons. The fourth-order valence-electron chi connectivity index (χ4n) is 2.29. The van der Waals surface area contributed by atoms with Crippen LogP contribution in [0.4, 0.5) is 14.5 Å². The van der Waals surface area contributed by atoms with Crippen LogP contribution < -0.4 is 5.32 Å². The number of nitrogens with zero attached hydrogens (tertiary/aromatic N) is 1. The summed E-state index contributed by atoms with van der Waals surface area (Å²) in [5.41, 5.74) is 0.0826. The van der Waals surface area contributed by atoms with Crippen molar-refractivity contribution < 1.29 is 22.0 Å². The number of carbonyl (C=O) groups excluding carboxylic acids is 1. The van der Waals surface area contributed by atoms with Crippen LogP contribution in [0.15, 0.2) is 41.3 Å². The second-order valence-corrected chi connectivity index (χ2v) is 7.80. The molecule has 0 spiro atoms. The number of rotatable bonds is 4. The Morgan fingerprint density at radius 2 is 1.80 bits per heavy atom. The lowest BCUT2D eigenvalue weighted by molar-refractivity contribution is 0.102. The number of sulfonamides is 1. The minimum Gasteiger partial charge on any atom is -0.322 e. The minimum absolute atomic E-state index is 0.0594. The molecule has 1 heterocycles. The summed E-state index contributed by atoms with van der Waals surface area (Å²) in [6.07, 6.45) is 0.711. The third-order valence-corrected chi connectivity index (χ3v) is 6.02. The van der Waals surface area contributed by atoms with E-state index in [4.69, 9.17) is 11.6 Å². The molecule has 1 fully saturated rings. The van der Waals surface area contributed by atoms with Crippen molar-refractivity contribution >= 4 is 33.2 Å². The molecule has 0 aromatic heterocycles. The van der Waals surface area contributed by atoms with Crippen molar-refractivity contribution in [2.45, 2.75) is 11.3 Å². The number of anilines is 1. The summed E-state index contributed by atoms with van der Waals surface area (Å²) >= 11 is 5.57. The molecule has 25 heavy (non-hydrogen) atoms. The van der Waals surface area contributed by atoms with E-state index in [0.29, 0.717) is 19.5 Å². The Morgan fingerprint density at radius 3 is 2.40 bits per heavy atom. The van der Waals surface area contributed by atoms with Gasteiger partial charge >= 0.3 is 0 Å². The van der Waals surface area contributed by atoms with Crippen LogP contribution in [0, 0.1) is 11.6 Å². The Labute approximate surface area is 148 Å². The van der Waals surface area contributed by atoms with Crippen LogP contribution in [0.3, 0.4) is 0 Å². The van der Waals surface area contributed by atoms with Gasteiger partial charge in [0.2, 0.25) is 10.0 Å². The highest BCUT2D eigenvalue weighted by atomic mass is 35.5. The quantitative estimate of drug-likeness (QED) is 0.877. The first-order valence-electron chi connectivity index (χ1n) is 7.35. The highest BCUT2D eigenvalue weighted by Gasteiger charge is 2.32. The van der Waals surface area contributed by atoms with Crippen molar-refractivity contribution in [1.29, 1.82) is 0 Å². The highest BCUT2D eigenvalue weighted by molar-refractivity contribution is 7.89. The van der Waals surface area contributed by atoms with Crippen molar-refractivity contribution in [3.05, 3.63) is 58.6 Å². The second-order valence-electron chi connectivity index (χ2n) is 5.49. The Morgan fingerprint density at radius 1 is 1.08 bits per heavy atom. The largest absolute Gasteiger partial charge is 0.322 e. The predicted molar refractivity (Wildman–Crippen MR) is 89.1 cm³/mol. The third-order valence-electron chi connectivity index (χ3n) is 3.80. The van der Waals surface area contributed by atoms with Gasteiger partial charge in [0.25, 0.3) is 5.91 Å². The molecule has 132 valence electrons. The van der Waals surface area contributed by atoms with Gasteiger partial charge < -0.3 is 5.32 Å². The molecule has 1 N–H and O–H groups in total. The van der Waals surface area contributed by atoms with E-state index in [2.05, 4.69) is 5.32 Å². The lowest BCUT2D eigenvalue weighted by Gasteiger charge is -2.29. The molecule has 1 aliphatic heterocycles. The summed E-state index contributed by atoms with van der Waals surface area (Å²) in [6.45, 7) is 0.643. The molecule has 1 aliphatic rings. The maximum atomic E-state index is 14.0. The molecule has 5 nitrogen and oxygen atoms in total. The maximum absolute atomic E-state index is 14.0. The summed E-state index contributed by atoms with van der Waals surface area (Å²) < 4.78 is 53.2. The van der Waals surface area contributed by atoms with Gasteiger partial charge in [-0.3, -0.25) is 4.79 Å². The highest BCUT2D eigenvalue weighted by Crippen LogP contribution is 2.25. The SMILES string of the molecule is O=C(Nc1ccc(Cl)c(F)c1)c1ccc(F)c(S(=O)(=O)N2CCC2)c1. The molecule has 0 atom stereocenters. The van der Waals surface area contributed by atoms with Gasteiger partial charge in [-0.25, -0.2) is 17.2 Å². The van der Waals surface area contributed by atoms with Gasteiger partial charge in [-0.2, -0.15) is 4.31 Å². The van der Waals surface area contributed by atoms with Crippen LogP contribution in [-0.4, -0.2) is 31.7 Å². The number of halogens is 3. The Balaban J connectivity index is 1.88. The number of benzene rings is 2. The maximum Gasteiger partial charge on any atom is 0.255 e. The van der Waals surface area contributed by atoms with Crippen LogP contribution in [0.1, 0.15) is 16.8 Å². The molecule has 9 heteroatoms. The zero-order chi connectivity index (χ0) is 18.2. The predicted octanol–water partition coefficient (Wildman–Crippen LogP) is 3.26. The van der Waals surface area contributed by atoms with E-state index < -0.39 is 32.5 Å². The van der Waals surface area contributed by atoms with Gasteiger partial charge in [0, 0.05) is 24.3 Å². The van der Waals surface area contributed by atoms with Crippen molar-refractivity contribution in [1.82, 2.24) is 4.31 Å². The molecule has 1 saturated heterocycles. The van der Waals surface area contributed by atoms with Crippen LogP contribution in [0.2, 0.25) is 5.02 Å². The summed E-state index contributed by atoms with van der Waals surface area (Å²) in [5, 5.41) is 2.32. The van der Waals surface area contributed by atoms with E-state index in [9.17, 15) is 22.0 Å². The molecule has 2 aromatic carbocycles. The summed E-state index contributed by atoms with van der Waals surface area (Å²) in [5.74, 6) is -2.33. The smallest absolute Gasteiger partial charge is 0.255 e. The molecule has 2 aromatic rings. The van der Waals surface area contributed by atoms with Crippen LogP contribution in [0.5, 0.6) is 0 Å². The Bertz CT molecular complexity index is 946. The number of carbonyl (C=O) groups is 1. The van der Waals surface area contributed by atoms with Gasteiger partial charge in [-0.15, -0.1) is 0 Å². The number of amides is 1. The molecule has 3 rings (SSSR count). The van der Waals surface area contributed by atoms with Crippen LogP contribution in [-0.2, 0) is 10.0 Å². The molecule has 0 saturated carbocycles. The van der Waals surface area contributed by atoms with Crippen LogP contribution >= 0.6 is 11.6 Å². The van der Waals surface area contributed by atoms with Gasteiger partial charge in [-0.05, 0) is 42.8 Å². The second kappa shape index (κ2) is 6.70. The van der Waals surface area contributed by atoms with Gasteiger partial charge in [0.1, 0.15) is 16.5 Å². The van der Waals surface area contributed by atoms with E-state index >= 15 is 0 Å². The van der Waals surface area contributed by atoms with Gasteiger partial charge in [-0.1, -0.05) is 11.6 Å². The van der Waals surface area contributed by atoms with E-state index in [-0.39, 0.29) is 16.3 Å². The van der Waals surface area contributed by atoms with E-state index in [1.54, 1.807) is 0 Å². The average molecular weight is 387 g/mol. The topological polar surface area (TPSA) is 66.5 Å². The first kappa shape index (κ1) is 17.8. The van der Waals surface area contributed by atoms with Crippen LogP contribution in [0.25, 0.3) is 0 Å². The van der Waals surface area contributed by atoms with Crippen molar-refractivity contribution in [3.63, 3.8) is 0 Å². The summed E-state index contributed by atoms with van der Waals surface area (Å²) in [6, 6.07) is 6.75. The van der Waals surface area contributed by atoms with E-state index in [0.717, 1.165) is 28.6 Å². The first-order valence-corrected chi connectivity index (χ1v) is 9.17. The molecule has 0 bridgehead atoms. The molecule has 0 unspecified atom stereocenters. The molecule has 1 amide bonds. The summed E-state index contributed by atoms with van der Waals surface area (Å²) in [7, 11) is -3.97. The van der Waals surface area contributed by atoms with E-state index in [1.807, 2.05) is 0 Å². The van der Waals surface area contributed by atoms with Crippen molar-refractivity contribution in [2.24, 2.45) is 0 Å². The van der Waals surface area contributed by atoms with Crippen molar-refractivity contribution in [2.75, 3.05) is 18.4 Å². The normalized spacial score (nSPS) is 14.8. The Kier molecular flexibility index (Phi) is 4.77. The monoisotopic (exact) mass is 386 g/mol. The molecular weight excluding hydrogens is 374 g/mol. The van der Waals surface area contributed by atoms with E-state index in [1.165, 1.54) is 12.1 Å². The van der Waals surface area contributed by atoms with Crippen molar-refractivity contribution in [3.8, 4) is 0 Å². The zero-order valence-corrected chi connectivity index (χ0v) is 14.4. The average Bonchev–Trinajstić information content (AvgIpc) is 2.49. The zero-order valence-electron chi connectivity index (χ0n) is 12.8. The lowest BCUT2D eigenvalue weighted by atomic mass is 10.2. The fourth-order valence-corrected chi connectivity index (χ4v) is 4.01. The fraction of sp³-hybridized carbons (Fsp3) is 0.188. The lowest BCUT2D eigenvalue weighted by Crippen LogP contribution is -2.42. The number of nitrogens with one attached hydrogen (secondary N) is 1. The third kappa shape index (κ3) is 3.51. The number of hydrogen-bond acceptors (Lipinski definition) is 3. The Hall–Kier alpha value is -2.03. The first-order chi connectivity index (χ1) is 11.8. The minimum atomic E-state index is -3.97. The molecule has 0 aliphatic carbocycles. The standard InChI is InChI=1S/C16H13ClF2N2O3S/c17-12-4-3-11(9-14(12)19)20-16(22)10-2-5-13(18)15(8-10)25(23,24)21-6-1-7-21/h2-5,8-9H,1,6-7H2,(H,20,22). The van der Waals surface area contributed by atoms with Gasteiger partial charge in [0.05, 0.1) is 5.02 Å². The number of hydrogen-bond donors (Lipinski definition) is 1. The van der Waals surface area contributed by atoms with Gasteiger partial charge in [0.15, 0.2) is 0 Å². The molecular formula is C16H13ClF2N2O3S. The summed E-state index contributed by atoms with van der Waals surface area (Å²) in [4.78, 5) is 11.7.